The fourth-order valence-electron chi connectivity index (χ4n) is 1.26. The molecule has 0 fully saturated rings. The molecule has 14 heavy (non-hydrogen) atoms. The lowest BCUT2D eigenvalue weighted by atomic mass is 9.96. The van der Waals surface area contributed by atoms with E-state index in [9.17, 15) is 10.2 Å². The molecule has 2 atom stereocenters. The molecule has 0 aromatic heterocycles. The highest BCUT2D eigenvalue weighted by molar-refractivity contribution is 14.1. The molecule has 0 amide bonds. The normalized spacial score (nSPS) is 15.6. The Kier molecular flexibility index (Phi) is 4.34. The predicted molar refractivity (Wildman–Crippen MR) is 65.0 cm³/mol. The molecular formula is C11H15IO2. The third kappa shape index (κ3) is 2.68. The van der Waals surface area contributed by atoms with Crippen LogP contribution in [-0.4, -0.2) is 16.3 Å². The maximum atomic E-state index is 9.89. The van der Waals surface area contributed by atoms with E-state index in [1.54, 1.807) is 0 Å². The van der Waals surface area contributed by atoms with E-state index in [1.807, 2.05) is 38.1 Å². The van der Waals surface area contributed by atoms with Crippen LogP contribution in [0.3, 0.4) is 0 Å². The second-order valence-electron chi connectivity index (χ2n) is 3.70. The number of hydrogen-bond donors (Lipinski definition) is 2. The molecule has 3 heteroatoms. The molecule has 1 unspecified atom stereocenters. The minimum absolute atomic E-state index is 0.0565. The van der Waals surface area contributed by atoms with Gasteiger partial charge in [-0.3, -0.25) is 0 Å². The largest absolute Gasteiger partial charge is 0.390 e. The van der Waals surface area contributed by atoms with Gasteiger partial charge in [-0.2, -0.15) is 0 Å². The molecule has 1 aromatic carbocycles. The monoisotopic (exact) mass is 306 g/mol. The van der Waals surface area contributed by atoms with Gasteiger partial charge >= 0.3 is 0 Å². The Hall–Kier alpha value is -0.130. The first-order valence-corrected chi connectivity index (χ1v) is 5.72. The highest BCUT2D eigenvalue weighted by Crippen LogP contribution is 2.25. The molecule has 2 N–H and O–H groups in total. The van der Waals surface area contributed by atoms with Gasteiger partial charge in [-0.15, -0.1) is 0 Å². The minimum Gasteiger partial charge on any atom is -0.390 e. The first kappa shape index (κ1) is 11.9. The van der Waals surface area contributed by atoms with Crippen molar-refractivity contribution in [1.82, 2.24) is 0 Å². The van der Waals surface area contributed by atoms with Crippen molar-refractivity contribution in [3.8, 4) is 0 Å². The zero-order chi connectivity index (χ0) is 10.7. The SMILES string of the molecule is CC(C)C(O)[C@H](O)c1ccccc1I. The Morgan fingerprint density at radius 3 is 2.21 bits per heavy atom. The quantitative estimate of drug-likeness (QED) is 0.842. The van der Waals surface area contributed by atoms with E-state index < -0.39 is 12.2 Å². The van der Waals surface area contributed by atoms with Gasteiger partial charge in [0.25, 0.3) is 0 Å². The summed E-state index contributed by atoms with van der Waals surface area (Å²) >= 11 is 2.16. The maximum Gasteiger partial charge on any atom is 0.106 e. The Balaban J connectivity index is 2.89. The lowest BCUT2D eigenvalue weighted by Crippen LogP contribution is -2.24. The Morgan fingerprint density at radius 2 is 1.71 bits per heavy atom. The van der Waals surface area contributed by atoms with E-state index in [0.29, 0.717) is 0 Å². The summed E-state index contributed by atoms with van der Waals surface area (Å²) in [7, 11) is 0. The molecule has 0 aliphatic carbocycles. The van der Waals surface area contributed by atoms with Gasteiger partial charge in [0.2, 0.25) is 0 Å². The second-order valence-corrected chi connectivity index (χ2v) is 4.86. The van der Waals surface area contributed by atoms with Crippen LogP contribution in [0, 0.1) is 9.49 Å². The van der Waals surface area contributed by atoms with E-state index in [4.69, 9.17) is 0 Å². The molecule has 0 saturated carbocycles. The van der Waals surface area contributed by atoms with Gasteiger partial charge in [0, 0.05) is 3.57 Å². The van der Waals surface area contributed by atoms with Gasteiger partial charge in [-0.25, -0.2) is 0 Å². The zero-order valence-electron chi connectivity index (χ0n) is 8.31. The third-order valence-electron chi connectivity index (χ3n) is 2.23. The Morgan fingerprint density at radius 1 is 1.14 bits per heavy atom. The van der Waals surface area contributed by atoms with Crippen molar-refractivity contribution in [3.05, 3.63) is 33.4 Å². The van der Waals surface area contributed by atoms with E-state index in [1.165, 1.54) is 0 Å². The van der Waals surface area contributed by atoms with Crippen LogP contribution in [0.2, 0.25) is 0 Å². The lowest BCUT2D eigenvalue weighted by molar-refractivity contribution is -0.00981. The molecule has 78 valence electrons. The number of benzene rings is 1. The third-order valence-corrected chi connectivity index (χ3v) is 3.21. The maximum absolute atomic E-state index is 9.89. The van der Waals surface area contributed by atoms with Crippen molar-refractivity contribution >= 4 is 22.6 Å². The molecule has 0 spiro atoms. The predicted octanol–water partition coefficient (Wildman–Crippen LogP) is 2.34. The van der Waals surface area contributed by atoms with Gasteiger partial charge < -0.3 is 10.2 Å². The minimum atomic E-state index is -0.789. The van der Waals surface area contributed by atoms with Crippen molar-refractivity contribution in [2.24, 2.45) is 5.92 Å². The summed E-state index contributed by atoms with van der Waals surface area (Å²) < 4.78 is 0.984. The van der Waals surface area contributed by atoms with E-state index in [2.05, 4.69) is 22.6 Å². The fourth-order valence-corrected chi connectivity index (χ4v) is 1.97. The highest BCUT2D eigenvalue weighted by atomic mass is 127. The van der Waals surface area contributed by atoms with Gasteiger partial charge in [0.05, 0.1) is 6.10 Å². The van der Waals surface area contributed by atoms with E-state index in [-0.39, 0.29) is 5.92 Å². The van der Waals surface area contributed by atoms with Gasteiger partial charge in [0.15, 0.2) is 0 Å². The summed E-state index contributed by atoms with van der Waals surface area (Å²) in [5.41, 5.74) is 0.800. The van der Waals surface area contributed by atoms with Gasteiger partial charge in [-0.05, 0) is 40.1 Å². The molecule has 1 rings (SSSR count). The standard InChI is InChI=1S/C11H15IO2/c1-7(2)10(13)11(14)8-5-3-4-6-9(8)12/h3-7,10-11,13-14H,1-2H3/t10?,11-/m1/s1. The number of rotatable bonds is 3. The van der Waals surface area contributed by atoms with Crippen LogP contribution in [0.4, 0.5) is 0 Å². The number of aliphatic hydroxyl groups excluding tert-OH is 2. The average Bonchev–Trinajstić information content (AvgIpc) is 2.16. The van der Waals surface area contributed by atoms with Crippen LogP contribution in [-0.2, 0) is 0 Å². The van der Waals surface area contributed by atoms with Crippen molar-refractivity contribution in [3.63, 3.8) is 0 Å². The van der Waals surface area contributed by atoms with Crippen LogP contribution in [0.15, 0.2) is 24.3 Å². The summed E-state index contributed by atoms with van der Waals surface area (Å²) in [6, 6.07) is 7.55. The molecule has 2 nitrogen and oxygen atoms in total. The number of hydrogen-bond acceptors (Lipinski definition) is 2. The Labute approximate surface area is 98.1 Å². The first-order chi connectivity index (χ1) is 6.54. The van der Waals surface area contributed by atoms with Crippen molar-refractivity contribution in [2.75, 3.05) is 0 Å². The highest BCUT2D eigenvalue weighted by Gasteiger charge is 2.22. The summed E-state index contributed by atoms with van der Waals surface area (Å²) in [6.45, 7) is 3.79. The summed E-state index contributed by atoms with van der Waals surface area (Å²) in [5, 5.41) is 19.6. The number of halogens is 1. The van der Waals surface area contributed by atoms with Crippen molar-refractivity contribution < 1.29 is 10.2 Å². The fraction of sp³-hybridized carbons (Fsp3) is 0.455. The first-order valence-electron chi connectivity index (χ1n) is 4.64. The van der Waals surface area contributed by atoms with Crippen molar-refractivity contribution in [1.29, 1.82) is 0 Å². The smallest absolute Gasteiger partial charge is 0.106 e. The van der Waals surface area contributed by atoms with Crippen LogP contribution in [0.1, 0.15) is 25.5 Å². The lowest BCUT2D eigenvalue weighted by Gasteiger charge is -2.22. The van der Waals surface area contributed by atoms with E-state index >= 15 is 0 Å². The van der Waals surface area contributed by atoms with Crippen molar-refractivity contribution in [2.45, 2.75) is 26.1 Å². The van der Waals surface area contributed by atoms with Crippen LogP contribution >= 0.6 is 22.6 Å². The summed E-state index contributed by atoms with van der Waals surface area (Å²) in [5.74, 6) is 0.0565. The molecule has 0 saturated heterocycles. The van der Waals surface area contributed by atoms with Gasteiger partial charge in [-0.1, -0.05) is 32.0 Å². The summed E-state index contributed by atoms with van der Waals surface area (Å²) in [4.78, 5) is 0. The molecule has 0 aliphatic rings. The zero-order valence-corrected chi connectivity index (χ0v) is 10.5. The van der Waals surface area contributed by atoms with Crippen LogP contribution in [0.25, 0.3) is 0 Å². The molecule has 0 heterocycles. The average molecular weight is 306 g/mol. The molecular weight excluding hydrogens is 291 g/mol. The molecule has 0 bridgehead atoms. The second kappa shape index (κ2) is 5.09. The van der Waals surface area contributed by atoms with E-state index in [0.717, 1.165) is 9.13 Å². The number of aliphatic hydroxyl groups is 2. The molecule has 0 aliphatic heterocycles. The molecule has 1 aromatic rings. The van der Waals surface area contributed by atoms with Crippen LogP contribution in [0.5, 0.6) is 0 Å². The topological polar surface area (TPSA) is 40.5 Å². The van der Waals surface area contributed by atoms with Crippen LogP contribution < -0.4 is 0 Å². The molecule has 0 radical (unpaired) electrons. The summed E-state index contributed by atoms with van der Waals surface area (Å²) in [6.07, 6.45) is -1.49. The Bertz CT molecular complexity index is 299. The van der Waals surface area contributed by atoms with Gasteiger partial charge in [0.1, 0.15) is 6.10 Å².